The second kappa shape index (κ2) is 4.88. The first kappa shape index (κ1) is 9.20. The molecule has 0 aliphatic rings. The molecule has 0 aliphatic carbocycles. The third-order valence-corrected chi connectivity index (χ3v) is 3.46. The van der Waals surface area contributed by atoms with E-state index in [9.17, 15) is 0 Å². The second-order valence-electron chi connectivity index (χ2n) is 2.61. The van der Waals surface area contributed by atoms with Crippen LogP contribution >= 0.6 is 27.5 Å². The molecule has 1 aromatic heterocycles. The lowest BCUT2D eigenvalue weighted by atomic mass is 10.0. The molecule has 0 fully saturated rings. The van der Waals surface area contributed by atoms with Gasteiger partial charge in [0.2, 0.25) is 0 Å². The molecule has 0 aromatic carbocycles. The molecular weight excluding hydrogens is 222 g/mol. The highest BCUT2D eigenvalue weighted by atomic mass is 79.9. The maximum Gasteiger partial charge on any atom is 0.0409 e. The Morgan fingerprint density at radius 2 is 2.55 bits per heavy atom. The molecule has 0 radical (unpaired) electrons. The van der Waals surface area contributed by atoms with Crippen LogP contribution in [0.5, 0.6) is 0 Å². The van der Waals surface area contributed by atoms with Crippen LogP contribution in [0.25, 0.3) is 0 Å². The van der Waals surface area contributed by atoms with Crippen molar-refractivity contribution in [1.29, 1.82) is 0 Å². The van der Waals surface area contributed by atoms with Gasteiger partial charge in [0.1, 0.15) is 0 Å². The van der Waals surface area contributed by atoms with E-state index in [2.05, 4.69) is 33.3 Å². The molecule has 0 amide bonds. The number of aromatic nitrogens is 1. The van der Waals surface area contributed by atoms with Gasteiger partial charge in [0.05, 0.1) is 0 Å². The van der Waals surface area contributed by atoms with Crippen LogP contribution in [0.1, 0.15) is 18.2 Å². The van der Waals surface area contributed by atoms with Crippen molar-refractivity contribution in [3.8, 4) is 0 Å². The van der Waals surface area contributed by atoms with Gasteiger partial charge in [-0.1, -0.05) is 29.3 Å². The zero-order chi connectivity index (χ0) is 8.10. The third kappa shape index (κ3) is 2.91. The fourth-order valence-electron chi connectivity index (χ4n) is 0.940. The average Bonchev–Trinajstić information content (AvgIpc) is 2.52. The summed E-state index contributed by atoms with van der Waals surface area (Å²) in [7, 11) is 0. The van der Waals surface area contributed by atoms with Gasteiger partial charge in [0.25, 0.3) is 0 Å². The number of hydrogen-bond acceptors (Lipinski definition) is 2. The van der Waals surface area contributed by atoms with Crippen LogP contribution in [0.4, 0.5) is 0 Å². The molecule has 0 N–H and O–H groups in total. The summed E-state index contributed by atoms with van der Waals surface area (Å²) in [5, 5.41) is 1.10. The van der Waals surface area contributed by atoms with E-state index in [4.69, 9.17) is 0 Å². The second-order valence-corrected chi connectivity index (χ2v) is 4.18. The minimum Gasteiger partial charge on any atom is -0.201 e. The van der Waals surface area contributed by atoms with E-state index in [0.717, 1.165) is 11.2 Å². The van der Waals surface area contributed by atoms with E-state index in [0.29, 0.717) is 0 Å². The lowest BCUT2D eigenvalue weighted by Gasteiger charge is -2.07. The van der Waals surface area contributed by atoms with Gasteiger partial charge in [-0.15, -0.1) is 0 Å². The van der Waals surface area contributed by atoms with Crippen LogP contribution in [-0.4, -0.2) is 9.70 Å². The van der Waals surface area contributed by atoms with E-state index in [1.165, 1.54) is 17.7 Å². The highest BCUT2D eigenvalue weighted by Gasteiger charge is 2.05. The minimum atomic E-state index is 0.774. The predicted octanol–water partition coefficient (Wildman–Crippen LogP) is 3.11. The largest absolute Gasteiger partial charge is 0.201 e. The van der Waals surface area contributed by atoms with Crippen molar-refractivity contribution in [1.82, 2.24) is 4.37 Å². The number of halogens is 1. The van der Waals surface area contributed by atoms with Crippen molar-refractivity contribution in [3.63, 3.8) is 0 Å². The smallest absolute Gasteiger partial charge is 0.0409 e. The number of rotatable bonds is 4. The van der Waals surface area contributed by atoms with E-state index < -0.39 is 0 Å². The molecule has 1 aromatic rings. The Balaban J connectivity index is 2.41. The summed E-state index contributed by atoms with van der Waals surface area (Å²) in [5.41, 5.74) is 0. The van der Waals surface area contributed by atoms with Crippen molar-refractivity contribution < 1.29 is 0 Å². The van der Waals surface area contributed by atoms with Crippen LogP contribution in [0, 0.1) is 5.92 Å². The Labute approximate surface area is 80.1 Å². The van der Waals surface area contributed by atoms with E-state index in [-0.39, 0.29) is 0 Å². The zero-order valence-electron chi connectivity index (χ0n) is 6.59. The van der Waals surface area contributed by atoms with Gasteiger partial charge in [0, 0.05) is 16.4 Å². The molecule has 1 nitrogen and oxygen atoms in total. The third-order valence-electron chi connectivity index (χ3n) is 1.78. The highest BCUT2D eigenvalue weighted by molar-refractivity contribution is 9.09. The van der Waals surface area contributed by atoms with E-state index in [1.807, 2.05) is 6.20 Å². The molecule has 3 heteroatoms. The topological polar surface area (TPSA) is 12.9 Å². The molecule has 1 atom stereocenters. The quantitative estimate of drug-likeness (QED) is 0.729. The van der Waals surface area contributed by atoms with Gasteiger partial charge >= 0.3 is 0 Å². The SMILES string of the molecule is CCC(CBr)Cc1ccns1. The molecular formula is C8H12BrNS. The van der Waals surface area contributed by atoms with Crippen LogP contribution < -0.4 is 0 Å². The molecule has 11 heavy (non-hydrogen) atoms. The van der Waals surface area contributed by atoms with Crippen molar-refractivity contribution in [2.75, 3.05) is 5.33 Å². The van der Waals surface area contributed by atoms with Gasteiger partial charge in [0.15, 0.2) is 0 Å². The lowest BCUT2D eigenvalue weighted by molar-refractivity contribution is 0.578. The van der Waals surface area contributed by atoms with Crippen LogP contribution in [0.3, 0.4) is 0 Å². The first-order chi connectivity index (χ1) is 5.36. The minimum absolute atomic E-state index is 0.774. The van der Waals surface area contributed by atoms with E-state index >= 15 is 0 Å². The monoisotopic (exact) mass is 233 g/mol. The van der Waals surface area contributed by atoms with E-state index in [1.54, 1.807) is 11.5 Å². The summed E-state index contributed by atoms with van der Waals surface area (Å²) in [4.78, 5) is 1.40. The highest BCUT2D eigenvalue weighted by Crippen LogP contribution is 2.16. The molecule has 0 aliphatic heterocycles. The Hall–Kier alpha value is 0.110. The standard InChI is InChI=1S/C8H12BrNS/c1-2-7(6-9)5-8-3-4-10-11-8/h3-4,7H,2,5-6H2,1H3. The average molecular weight is 234 g/mol. The Morgan fingerprint density at radius 3 is 3.00 bits per heavy atom. The fraction of sp³-hybridized carbons (Fsp3) is 0.625. The molecule has 1 unspecified atom stereocenters. The Bertz CT molecular complexity index is 182. The molecule has 1 heterocycles. The van der Waals surface area contributed by atoms with Crippen LogP contribution in [-0.2, 0) is 6.42 Å². The first-order valence-corrected chi connectivity index (χ1v) is 5.71. The van der Waals surface area contributed by atoms with Crippen molar-refractivity contribution in [2.24, 2.45) is 5.92 Å². The molecule has 0 saturated carbocycles. The van der Waals surface area contributed by atoms with Gasteiger partial charge in [-0.3, -0.25) is 0 Å². The van der Waals surface area contributed by atoms with Crippen LogP contribution in [0.2, 0.25) is 0 Å². The number of nitrogens with zero attached hydrogens (tertiary/aromatic N) is 1. The maximum atomic E-state index is 4.07. The van der Waals surface area contributed by atoms with Gasteiger partial charge in [-0.05, 0) is 29.9 Å². The van der Waals surface area contributed by atoms with Gasteiger partial charge in [-0.2, -0.15) is 0 Å². The molecule has 0 bridgehead atoms. The van der Waals surface area contributed by atoms with Gasteiger partial charge in [-0.25, -0.2) is 4.37 Å². The first-order valence-electron chi connectivity index (χ1n) is 3.82. The van der Waals surface area contributed by atoms with Gasteiger partial charge < -0.3 is 0 Å². The molecule has 0 saturated heterocycles. The summed E-state index contributed by atoms with van der Waals surface area (Å²) < 4.78 is 4.07. The van der Waals surface area contributed by atoms with Crippen molar-refractivity contribution >= 4 is 27.5 Å². The molecule has 62 valence electrons. The predicted molar refractivity (Wildman–Crippen MR) is 53.4 cm³/mol. The summed E-state index contributed by atoms with van der Waals surface area (Å²) in [6.45, 7) is 2.23. The number of alkyl halides is 1. The normalized spacial score (nSPS) is 13.3. The van der Waals surface area contributed by atoms with Crippen LogP contribution in [0.15, 0.2) is 12.3 Å². The maximum absolute atomic E-state index is 4.07. The Kier molecular flexibility index (Phi) is 4.08. The van der Waals surface area contributed by atoms with Crippen molar-refractivity contribution in [2.45, 2.75) is 19.8 Å². The zero-order valence-corrected chi connectivity index (χ0v) is 8.99. The molecule has 0 spiro atoms. The lowest BCUT2D eigenvalue weighted by Crippen LogP contribution is -2.02. The summed E-state index contributed by atoms with van der Waals surface area (Å²) in [6.07, 6.45) is 4.29. The summed E-state index contributed by atoms with van der Waals surface area (Å²) >= 11 is 5.12. The molecule has 1 rings (SSSR count). The Morgan fingerprint density at radius 1 is 1.73 bits per heavy atom. The summed E-state index contributed by atoms with van der Waals surface area (Å²) in [5.74, 6) is 0.774. The summed E-state index contributed by atoms with van der Waals surface area (Å²) in [6, 6.07) is 2.11. The fourth-order valence-corrected chi connectivity index (χ4v) is 2.32. The van der Waals surface area contributed by atoms with Crippen molar-refractivity contribution in [3.05, 3.63) is 17.1 Å². The number of hydrogen-bond donors (Lipinski definition) is 0.